The lowest BCUT2D eigenvalue weighted by molar-refractivity contribution is -0.139. The van der Waals surface area contributed by atoms with E-state index in [4.69, 9.17) is 25.8 Å². The predicted octanol–water partition coefficient (Wildman–Crippen LogP) is 6.03. The summed E-state index contributed by atoms with van der Waals surface area (Å²) in [7, 11) is 1.56. The summed E-state index contributed by atoms with van der Waals surface area (Å²) in [6.07, 6.45) is 0.131. The number of rotatable bonds is 9. The summed E-state index contributed by atoms with van der Waals surface area (Å²) in [5.74, 6) is 1.15. The highest BCUT2D eigenvalue weighted by Crippen LogP contribution is 2.35. The maximum atomic E-state index is 14.0. The summed E-state index contributed by atoms with van der Waals surface area (Å²) in [4.78, 5) is 29.5. The number of benzene rings is 4. The molecule has 5 rings (SSSR count). The van der Waals surface area contributed by atoms with Crippen LogP contribution in [0.4, 0.5) is 5.69 Å². The van der Waals surface area contributed by atoms with Crippen molar-refractivity contribution in [2.24, 2.45) is 0 Å². The zero-order chi connectivity index (χ0) is 27.2. The van der Waals surface area contributed by atoms with E-state index in [9.17, 15) is 9.59 Å². The van der Waals surface area contributed by atoms with Crippen molar-refractivity contribution in [3.63, 3.8) is 0 Å². The average Bonchev–Trinajstić information content (AvgIpc) is 3.42. The second kappa shape index (κ2) is 11.9. The fourth-order valence-electron chi connectivity index (χ4n) is 4.45. The maximum absolute atomic E-state index is 14.0. The van der Waals surface area contributed by atoms with Gasteiger partial charge in [-0.25, -0.2) is 0 Å². The molecule has 39 heavy (non-hydrogen) atoms. The molecule has 1 N–H and O–H groups in total. The normalized spacial score (nSPS) is 12.5. The van der Waals surface area contributed by atoms with Crippen molar-refractivity contribution in [2.45, 2.75) is 19.0 Å². The number of nitrogens with zero attached hydrogens (tertiary/aromatic N) is 1. The first-order chi connectivity index (χ1) is 19.0. The summed E-state index contributed by atoms with van der Waals surface area (Å²) in [6, 6.07) is 28.1. The first kappa shape index (κ1) is 26.1. The lowest BCUT2D eigenvalue weighted by atomic mass is 10.0. The molecule has 0 saturated heterocycles. The smallest absolute Gasteiger partial charge is 0.251 e. The molecule has 1 unspecified atom stereocenters. The van der Waals surface area contributed by atoms with Crippen molar-refractivity contribution in [2.75, 3.05) is 19.2 Å². The number of fused-ring (bicyclic) bond motifs is 1. The Morgan fingerprint density at radius 3 is 2.44 bits per heavy atom. The molecule has 1 aliphatic heterocycles. The molecule has 8 heteroatoms. The summed E-state index contributed by atoms with van der Waals surface area (Å²) in [5, 5.41) is 3.56. The van der Waals surface area contributed by atoms with Crippen LogP contribution in [0.5, 0.6) is 17.2 Å². The number of nitrogens with one attached hydrogen (secondary N) is 1. The van der Waals surface area contributed by atoms with Gasteiger partial charge in [0.15, 0.2) is 11.5 Å². The van der Waals surface area contributed by atoms with Gasteiger partial charge in [-0.05, 0) is 53.1 Å². The molecule has 0 saturated carbocycles. The van der Waals surface area contributed by atoms with Gasteiger partial charge in [0.2, 0.25) is 12.7 Å². The second-order valence-corrected chi connectivity index (χ2v) is 9.48. The zero-order valence-electron chi connectivity index (χ0n) is 21.3. The number of anilines is 1. The van der Waals surface area contributed by atoms with Crippen LogP contribution in [-0.2, 0) is 22.6 Å². The molecule has 0 fully saturated rings. The Labute approximate surface area is 231 Å². The van der Waals surface area contributed by atoms with Gasteiger partial charge in [-0.1, -0.05) is 66.2 Å². The summed E-state index contributed by atoms with van der Waals surface area (Å²) >= 11 is 6.11. The molecular formula is C31H27ClN2O5. The Bertz CT molecular complexity index is 1460. The third-order valence-corrected chi connectivity index (χ3v) is 6.65. The molecule has 0 aromatic heterocycles. The van der Waals surface area contributed by atoms with Crippen LogP contribution in [0, 0.1) is 0 Å². The van der Waals surface area contributed by atoms with E-state index in [1.54, 1.807) is 60.5 Å². The molecule has 0 spiro atoms. The molecule has 4 aromatic rings. The van der Waals surface area contributed by atoms with Crippen molar-refractivity contribution in [1.29, 1.82) is 0 Å². The number of hydrogen-bond acceptors (Lipinski definition) is 5. The third-order valence-electron chi connectivity index (χ3n) is 6.39. The summed E-state index contributed by atoms with van der Waals surface area (Å²) < 4.78 is 16.3. The van der Waals surface area contributed by atoms with Gasteiger partial charge in [0.05, 0.1) is 13.5 Å². The van der Waals surface area contributed by atoms with Gasteiger partial charge >= 0.3 is 0 Å². The molecule has 0 radical (unpaired) electrons. The van der Waals surface area contributed by atoms with E-state index in [2.05, 4.69) is 5.32 Å². The number of methoxy groups -OCH3 is 1. The van der Waals surface area contributed by atoms with Crippen LogP contribution >= 0.6 is 11.6 Å². The topological polar surface area (TPSA) is 77.1 Å². The minimum absolute atomic E-state index is 0.127. The minimum atomic E-state index is -0.961. The predicted molar refractivity (Wildman–Crippen MR) is 149 cm³/mol. The highest BCUT2D eigenvalue weighted by molar-refractivity contribution is 6.30. The molecule has 0 aliphatic carbocycles. The van der Waals surface area contributed by atoms with Crippen molar-refractivity contribution < 1.29 is 23.8 Å². The number of carbonyl (C=O) groups is 2. The SMILES string of the molecule is COc1cccc(C(C(=O)Nc2ccc3c(c2)OCO3)N(Cc2ccc(Cl)cc2)C(=O)Cc2ccccc2)c1. The van der Waals surface area contributed by atoms with Crippen LogP contribution < -0.4 is 19.5 Å². The fraction of sp³-hybridized carbons (Fsp3) is 0.161. The molecule has 1 heterocycles. The van der Waals surface area contributed by atoms with Gasteiger partial charge in [0, 0.05) is 23.3 Å². The monoisotopic (exact) mass is 542 g/mol. The van der Waals surface area contributed by atoms with Gasteiger partial charge in [0.1, 0.15) is 11.8 Å². The molecule has 0 bridgehead atoms. The molecule has 4 aromatic carbocycles. The van der Waals surface area contributed by atoms with Crippen molar-refractivity contribution in [3.8, 4) is 17.2 Å². The Morgan fingerprint density at radius 2 is 1.67 bits per heavy atom. The standard InChI is InChI=1S/C31H27ClN2O5/c1-37-26-9-5-8-23(17-26)30(31(36)33-25-14-15-27-28(18-25)39-20-38-27)34(19-22-10-12-24(32)13-11-22)29(35)16-21-6-3-2-4-7-21/h2-15,17-18,30H,16,19-20H2,1H3,(H,33,36). The first-order valence-electron chi connectivity index (χ1n) is 12.4. The lowest BCUT2D eigenvalue weighted by Gasteiger charge is -2.32. The number of hydrogen-bond donors (Lipinski definition) is 1. The van der Waals surface area contributed by atoms with Crippen LogP contribution in [0.3, 0.4) is 0 Å². The van der Waals surface area contributed by atoms with Crippen LogP contribution in [0.2, 0.25) is 5.02 Å². The van der Waals surface area contributed by atoms with Crippen LogP contribution in [0.25, 0.3) is 0 Å². The van der Waals surface area contributed by atoms with E-state index in [0.29, 0.717) is 33.5 Å². The summed E-state index contributed by atoms with van der Waals surface area (Å²) in [5.41, 5.74) is 2.83. The van der Waals surface area contributed by atoms with E-state index >= 15 is 0 Å². The highest BCUT2D eigenvalue weighted by atomic mass is 35.5. The Balaban J connectivity index is 1.53. The van der Waals surface area contributed by atoms with Crippen molar-refractivity contribution >= 4 is 29.1 Å². The van der Waals surface area contributed by atoms with Gasteiger partial charge in [0.25, 0.3) is 5.91 Å². The van der Waals surface area contributed by atoms with Gasteiger partial charge in [-0.2, -0.15) is 0 Å². The number of halogens is 1. The highest BCUT2D eigenvalue weighted by Gasteiger charge is 2.32. The Morgan fingerprint density at radius 1 is 0.897 bits per heavy atom. The van der Waals surface area contributed by atoms with E-state index in [1.807, 2.05) is 48.5 Å². The van der Waals surface area contributed by atoms with Crippen molar-refractivity contribution in [1.82, 2.24) is 4.90 Å². The first-order valence-corrected chi connectivity index (χ1v) is 12.8. The summed E-state index contributed by atoms with van der Waals surface area (Å²) in [6.45, 7) is 0.321. The molecular weight excluding hydrogens is 516 g/mol. The molecule has 2 amide bonds. The van der Waals surface area contributed by atoms with Crippen LogP contribution in [0.1, 0.15) is 22.7 Å². The fourth-order valence-corrected chi connectivity index (χ4v) is 4.58. The molecule has 1 aliphatic rings. The molecule has 7 nitrogen and oxygen atoms in total. The number of ether oxygens (including phenoxy) is 3. The van der Waals surface area contributed by atoms with Crippen molar-refractivity contribution in [3.05, 3.63) is 119 Å². The Kier molecular flexibility index (Phi) is 7.99. The quantitative estimate of drug-likeness (QED) is 0.279. The molecule has 198 valence electrons. The maximum Gasteiger partial charge on any atom is 0.251 e. The largest absolute Gasteiger partial charge is 0.497 e. The minimum Gasteiger partial charge on any atom is -0.497 e. The molecule has 1 atom stereocenters. The second-order valence-electron chi connectivity index (χ2n) is 9.05. The van der Waals surface area contributed by atoms with Gasteiger partial charge in [-0.3, -0.25) is 9.59 Å². The van der Waals surface area contributed by atoms with Crippen LogP contribution in [0.15, 0.2) is 97.1 Å². The third kappa shape index (κ3) is 6.33. The van der Waals surface area contributed by atoms with Crippen LogP contribution in [-0.4, -0.2) is 30.6 Å². The zero-order valence-corrected chi connectivity index (χ0v) is 22.1. The van der Waals surface area contributed by atoms with Gasteiger partial charge < -0.3 is 24.4 Å². The Hall–Kier alpha value is -4.49. The van der Waals surface area contributed by atoms with E-state index in [0.717, 1.165) is 11.1 Å². The number of carbonyl (C=O) groups excluding carboxylic acids is 2. The lowest BCUT2D eigenvalue weighted by Crippen LogP contribution is -2.41. The van der Waals surface area contributed by atoms with E-state index < -0.39 is 6.04 Å². The average molecular weight is 543 g/mol. The van der Waals surface area contributed by atoms with Gasteiger partial charge in [-0.15, -0.1) is 0 Å². The van der Waals surface area contributed by atoms with E-state index in [1.165, 1.54) is 0 Å². The number of amides is 2. The van der Waals surface area contributed by atoms with E-state index in [-0.39, 0.29) is 31.6 Å².